The van der Waals surface area contributed by atoms with E-state index in [4.69, 9.17) is 16.3 Å². The molecule has 0 radical (unpaired) electrons. The second-order valence-corrected chi connectivity index (χ2v) is 6.57. The summed E-state index contributed by atoms with van der Waals surface area (Å²) in [5.74, 6) is 0.0789. The highest BCUT2D eigenvalue weighted by atomic mass is 35.5. The maximum Gasteiger partial charge on any atom is 0.258 e. The van der Waals surface area contributed by atoms with E-state index in [1.165, 1.54) is 11.6 Å². The fourth-order valence-electron chi connectivity index (χ4n) is 3.36. The molecule has 1 unspecified atom stereocenters. The standard InChI is InChI=1S/C18H15ClN4O3/c1-8-13-14(11-6-4-5-7-12(11)19)15-16(25)20-9(2)21-17(15)26-18(13)22-23(8)10(3)24/h4-7,14H,1-3H3,(H,20,21,25). The quantitative estimate of drug-likeness (QED) is 0.555. The van der Waals surface area contributed by atoms with E-state index in [-0.39, 0.29) is 23.2 Å². The molecule has 26 heavy (non-hydrogen) atoms. The minimum Gasteiger partial charge on any atom is -0.418 e. The predicted molar refractivity (Wildman–Crippen MR) is 95.3 cm³/mol. The van der Waals surface area contributed by atoms with Gasteiger partial charge in [0.25, 0.3) is 5.56 Å². The third-order valence-electron chi connectivity index (χ3n) is 4.45. The molecule has 4 rings (SSSR count). The van der Waals surface area contributed by atoms with Crippen LogP contribution in [0, 0.1) is 13.8 Å². The maximum atomic E-state index is 12.7. The molecule has 3 aromatic rings. The van der Waals surface area contributed by atoms with Crippen molar-refractivity contribution in [2.45, 2.75) is 26.7 Å². The van der Waals surface area contributed by atoms with Crippen LogP contribution in [0.3, 0.4) is 0 Å². The van der Waals surface area contributed by atoms with Crippen molar-refractivity contribution in [3.8, 4) is 11.8 Å². The van der Waals surface area contributed by atoms with Crippen LogP contribution in [0.1, 0.15) is 45.8 Å². The van der Waals surface area contributed by atoms with Crippen molar-refractivity contribution >= 4 is 17.5 Å². The van der Waals surface area contributed by atoms with Crippen molar-refractivity contribution in [3.63, 3.8) is 0 Å². The van der Waals surface area contributed by atoms with Crippen LogP contribution in [0.2, 0.25) is 5.02 Å². The summed E-state index contributed by atoms with van der Waals surface area (Å²) < 4.78 is 7.05. The molecule has 1 aromatic carbocycles. The molecule has 0 saturated heterocycles. The Balaban J connectivity index is 2.09. The summed E-state index contributed by atoms with van der Waals surface area (Å²) in [6.07, 6.45) is 0. The number of aryl methyl sites for hydroxylation is 1. The van der Waals surface area contributed by atoms with E-state index in [0.29, 0.717) is 27.7 Å². The smallest absolute Gasteiger partial charge is 0.258 e. The first kappa shape index (κ1) is 16.5. The molecular weight excluding hydrogens is 356 g/mol. The topological polar surface area (TPSA) is 89.9 Å². The van der Waals surface area contributed by atoms with E-state index in [9.17, 15) is 9.59 Å². The van der Waals surface area contributed by atoms with Gasteiger partial charge in [-0.15, -0.1) is 5.10 Å². The summed E-state index contributed by atoms with van der Waals surface area (Å²) >= 11 is 6.43. The molecule has 8 heteroatoms. The monoisotopic (exact) mass is 370 g/mol. The van der Waals surface area contributed by atoms with E-state index in [2.05, 4.69) is 15.1 Å². The average Bonchev–Trinajstić information content (AvgIpc) is 2.90. The fraction of sp³-hybridized carbons (Fsp3) is 0.222. The summed E-state index contributed by atoms with van der Waals surface area (Å²) in [5, 5.41) is 4.77. The van der Waals surface area contributed by atoms with Crippen molar-refractivity contribution in [3.05, 3.63) is 67.9 Å². The van der Waals surface area contributed by atoms with Crippen LogP contribution in [0.5, 0.6) is 11.8 Å². The van der Waals surface area contributed by atoms with Crippen LogP contribution in [0.15, 0.2) is 29.1 Å². The van der Waals surface area contributed by atoms with Crippen LogP contribution in [-0.2, 0) is 0 Å². The van der Waals surface area contributed by atoms with Crippen LogP contribution in [0.4, 0.5) is 0 Å². The number of carbonyl (C=O) groups is 1. The van der Waals surface area contributed by atoms with Gasteiger partial charge in [-0.25, -0.2) is 4.68 Å². The lowest BCUT2D eigenvalue weighted by Gasteiger charge is -2.25. The molecule has 7 nitrogen and oxygen atoms in total. The number of nitrogens with zero attached hydrogens (tertiary/aromatic N) is 3. The third-order valence-corrected chi connectivity index (χ3v) is 4.80. The highest BCUT2D eigenvalue weighted by Gasteiger charge is 2.38. The number of rotatable bonds is 1. The zero-order valence-corrected chi connectivity index (χ0v) is 15.1. The Morgan fingerprint density at radius 1 is 1.23 bits per heavy atom. The molecule has 0 bridgehead atoms. The van der Waals surface area contributed by atoms with Gasteiger partial charge in [-0.1, -0.05) is 29.8 Å². The third kappa shape index (κ3) is 2.35. The molecule has 2 aromatic heterocycles. The first-order valence-corrected chi connectivity index (χ1v) is 8.39. The first-order chi connectivity index (χ1) is 12.4. The lowest BCUT2D eigenvalue weighted by molar-refractivity contribution is 0.0917. The average molecular weight is 371 g/mol. The number of hydrogen-bond acceptors (Lipinski definition) is 5. The van der Waals surface area contributed by atoms with Gasteiger partial charge in [0.15, 0.2) is 0 Å². The highest BCUT2D eigenvalue weighted by molar-refractivity contribution is 6.31. The van der Waals surface area contributed by atoms with Crippen LogP contribution >= 0.6 is 11.6 Å². The molecule has 1 aliphatic rings. The van der Waals surface area contributed by atoms with Gasteiger partial charge >= 0.3 is 0 Å². The molecule has 0 aliphatic carbocycles. The molecule has 0 spiro atoms. The molecule has 1 atom stereocenters. The molecule has 1 N–H and O–H groups in total. The molecule has 0 amide bonds. The lowest BCUT2D eigenvalue weighted by atomic mass is 9.84. The summed E-state index contributed by atoms with van der Waals surface area (Å²) in [6, 6.07) is 7.26. The zero-order chi connectivity index (χ0) is 18.6. The van der Waals surface area contributed by atoms with Crippen molar-refractivity contribution in [1.29, 1.82) is 0 Å². The molecule has 0 fully saturated rings. The summed E-state index contributed by atoms with van der Waals surface area (Å²) in [6.45, 7) is 4.85. The van der Waals surface area contributed by atoms with Crippen molar-refractivity contribution in [1.82, 2.24) is 19.7 Å². The minimum absolute atomic E-state index is 0.178. The molecule has 1 aliphatic heterocycles. The van der Waals surface area contributed by atoms with E-state index < -0.39 is 5.92 Å². The van der Waals surface area contributed by atoms with Crippen LogP contribution < -0.4 is 10.3 Å². The normalized spacial score (nSPS) is 15.2. The van der Waals surface area contributed by atoms with Gasteiger partial charge in [-0.2, -0.15) is 4.98 Å². The van der Waals surface area contributed by atoms with Gasteiger partial charge in [0.2, 0.25) is 17.7 Å². The Kier molecular flexibility index (Phi) is 3.69. The van der Waals surface area contributed by atoms with Gasteiger partial charge < -0.3 is 9.72 Å². The second-order valence-electron chi connectivity index (χ2n) is 6.16. The molecule has 0 saturated carbocycles. The molecule has 132 valence electrons. The summed E-state index contributed by atoms with van der Waals surface area (Å²) in [7, 11) is 0. The molecular formula is C18H15ClN4O3. The zero-order valence-electron chi connectivity index (χ0n) is 14.3. The van der Waals surface area contributed by atoms with Gasteiger partial charge in [0.05, 0.1) is 22.7 Å². The van der Waals surface area contributed by atoms with Crippen molar-refractivity contribution < 1.29 is 9.53 Å². The van der Waals surface area contributed by atoms with Crippen LogP contribution in [-0.4, -0.2) is 25.7 Å². The van der Waals surface area contributed by atoms with Crippen molar-refractivity contribution in [2.24, 2.45) is 0 Å². The SMILES string of the molecule is CC(=O)n1nc2c(c1C)C(c1ccccc1Cl)c1c(nc(C)[nH]c1=O)O2. The number of benzene rings is 1. The number of aromatic nitrogens is 4. The fourth-order valence-corrected chi connectivity index (χ4v) is 3.61. The largest absolute Gasteiger partial charge is 0.418 e. The predicted octanol–water partition coefficient (Wildman–Crippen LogP) is 3.18. The number of nitrogens with one attached hydrogen (secondary N) is 1. The van der Waals surface area contributed by atoms with Gasteiger partial charge in [-0.05, 0) is 25.5 Å². The second kappa shape index (κ2) is 5.81. The Morgan fingerprint density at radius 3 is 2.65 bits per heavy atom. The van der Waals surface area contributed by atoms with E-state index in [0.717, 1.165) is 5.56 Å². The molecule has 3 heterocycles. The number of carbonyl (C=O) groups excluding carboxylic acids is 1. The van der Waals surface area contributed by atoms with Gasteiger partial charge in [0, 0.05) is 11.9 Å². The lowest BCUT2D eigenvalue weighted by Crippen LogP contribution is -2.25. The van der Waals surface area contributed by atoms with E-state index >= 15 is 0 Å². The maximum absolute atomic E-state index is 12.7. The number of halogens is 1. The number of H-pyrrole nitrogens is 1. The van der Waals surface area contributed by atoms with E-state index in [1.807, 2.05) is 18.2 Å². The van der Waals surface area contributed by atoms with Crippen molar-refractivity contribution in [2.75, 3.05) is 0 Å². The summed E-state index contributed by atoms with van der Waals surface area (Å²) in [4.78, 5) is 31.7. The Labute approximate surface area is 153 Å². The van der Waals surface area contributed by atoms with Gasteiger partial charge in [0.1, 0.15) is 5.82 Å². The highest BCUT2D eigenvalue weighted by Crippen LogP contribution is 2.47. The summed E-state index contributed by atoms with van der Waals surface area (Å²) in [5.41, 5.74) is 2.00. The first-order valence-electron chi connectivity index (χ1n) is 8.02. The Bertz CT molecular complexity index is 1120. The Hall–Kier alpha value is -2.93. The number of hydrogen-bond donors (Lipinski definition) is 1. The van der Waals surface area contributed by atoms with Gasteiger partial charge in [-0.3, -0.25) is 9.59 Å². The number of ether oxygens (including phenoxy) is 1. The van der Waals surface area contributed by atoms with Crippen LogP contribution in [0.25, 0.3) is 0 Å². The number of fused-ring (bicyclic) bond motifs is 2. The number of aromatic amines is 1. The Morgan fingerprint density at radius 2 is 1.96 bits per heavy atom. The minimum atomic E-state index is -0.535. The van der Waals surface area contributed by atoms with E-state index in [1.54, 1.807) is 19.9 Å².